The molecule has 0 unspecified atom stereocenters. The number of carbonyl (C=O) groups is 2. The van der Waals surface area contributed by atoms with Crippen LogP contribution >= 0.6 is 23.2 Å². The second kappa shape index (κ2) is 7.31. The lowest BCUT2D eigenvalue weighted by Gasteiger charge is -2.06. The molecule has 0 aliphatic heterocycles. The molecular formula is C17H13Cl2NO3. The summed E-state index contributed by atoms with van der Waals surface area (Å²) in [5.41, 5.74) is 2.18. The number of carboxylic acids is 1. The van der Waals surface area contributed by atoms with E-state index in [4.69, 9.17) is 28.3 Å². The molecule has 0 fully saturated rings. The van der Waals surface area contributed by atoms with E-state index in [1.54, 1.807) is 25.1 Å². The van der Waals surface area contributed by atoms with Crippen LogP contribution in [0.25, 0.3) is 5.57 Å². The number of hydrogen-bond acceptors (Lipinski definition) is 2. The molecule has 0 radical (unpaired) electrons. The van der Waals surface area contributed by atoms with E-state index in [2.05, 4.69) is 5.32 Å². The van der Waals surface area contributed by atoms with Crippen LogP contribution in [0.2, 0.25) is 10.0 Å². The molecule has 2 N–H and O–H groups in total. The van der Waals surface area contributed by atoms with Crippen molar-refractivity contribution in [3.8, 4) is 0 Å². The van der Waals surface area contributed by atoms with Crippen molar-refractivity contribution >= 4 is 46.3 Å². The van der Waals surface area contributed by atoms with Crippen molar-refractivity contribution in [1.29, 1.82) is 0 Å². The lowest BCUT2D eigenvalue weighted by molar-refractivity contribution is -0.111. The van der Waals surface area contributed by atoms with Crippen LogP contribution in [0, 0.1) is 0 Å². The van der Waals surface area contributed by atoms with Crippen molar-refractivity contribution in [2.24, 2.45) is 0 Å². The zero-order chi connectivity index (χ0) is 17.0. The van der Waals surface area contributed by atoms with Crippen LogP contribution in [-0.2, 0) is 4.79 Å². The topological polar surface area (TPSA) is 66.4 Å². The van der Waals surface area contributed by atoms with Crippen LogP contribution in [0.5, 0.6) is 0 Å². The Morgan fingerprint density at radius 1 is 1.00 bits per heavy atom. The molecule has 0 atom stereocenters. The molecule has 2 rings (SSSR count). The fraction of sp³-hybridized carbons (Fsp3) is 0.0588. The lowest BCUT2D eigenvalue weighted by Crippen LogP contribution is -2.08. The van der Waals surface area contributed by atoms with E-state index < -0.39 is 5.97 Å². The normalized spacial score (nSPS) is 11.2. The number of amides is 1. The standard InChI is InChI=1S/C17H13Cl2NO3/c1-10(12-4-7-14(18)15(19)9-12)8-16(21)20-13-5-2-11(3-6-13)17(22)23/h2-9H,1H3,(H,20,21)(H,22,23). The van der Waals surface area contributed by atoms with E-state index in [9.17, 15) is 9.59 Å². The van der Waals surface area contributed by atoms with Crippen LogP contribution in [-0.4, -0.2) is 17.0 Å². The van der Waals surface area contributed by atoms with Crippen molar-refractivity contribution in [3.05, 3.63) is 69.7 Å². The molecule has 0 heterocycles. The van der Waals surface area contributed by atoms with Gasteiger partial charge < -0.3 is 10.4 Å². The monoisotopic (exact) mass is 349 g/mol. The van der Waals surface area contributed by atoms with Crippen LogP contribution < -0.4 is 5.32 Å². The van der Waals surface area contributed by atoms with Crippen molar-refractivity contribution in [3.63, 3.8) is 0 Å². The van der Waals surface area contributed by atoms with Gasteiger partial charge in [0, 0.05) is 11.8 Å². The predicted molar refractivity (Wildman–Crippen MR) is 92.1 cm³/mol. The SMILES string of the molecule is CC(=CC(=O)Nc1ccc(C(=O)O)cc1)c1ccc(Cl)c(Cl)c1. The minimum Gasteiger partial charge on any atom is -0.478 e. The van der Waals surface area contributed by atoms with Gasteiger partial charge in [0.05, 0.1) is 15.6 Å². The molecule has 0 saturated heterocycles. The van der Waals surface area contributed by atoms with Gasteiger partial charge in [0.1, 0.15) is 0 Å². The second-order valence-electron chi connectivity index (χ2n) is 4.83. The van der Waals surface area contributed by atoms with E-state index in [0.29, 0.717) is 15.7 Å². The van der Waals surface area contributed by atoms with E-state index in [-0.39, 0.29) is 11.5 Å². The molecular weight excluding hydrogens is 337 g/mol. The summed E-state index contributed by atoms with van der Waals surface area (Å²) in [7, 11) is 0. The fourth-order valence-electron chi connectivity index (χ4n) is 1.90. The number of allylic oxidation sites excluding steroid dienone is 1. The zero-order valence-corrected chi connectivity index (χ0v) is 13.7. The Hall–Kier alpha value is -2.30. The highest BCUT2D eigenvalue weighted by atomic mass is 35.5. The highest BCUT2D eigenvalue weighted by Gasteiger charge is 2.06. The molecule has 0 bridgehead atoms. The highest BCUT2D eigenvalue weighted by Crippen LogP contribution is 2.26. The molecule has 0 saturated carbocycles. The van der Waals surface area contributed by atoms with Gasteiger partial charge in [-0.1, -0.05) is 29.3 Å². The van der Waals surface area contributed by atoms with Gasteiger partial charge >= 0.3 is 5.97 Å². The molecule has 118 valence electrons. The van der Waals surface area contributed by atoms with Gasteiger partial charge in [0.25, 0.3) is 0 Å². The minimum absolute atomic E-state index is 0.158. The van der Waals surface area contributed by atoms with Gasteiger partial charge in [-0.15, -0.1) is 0 Å². The van der Waals surface area contributed by atoms with Crippen LogP contribution in [0.3, 0.4) is 0 Å². The number of anilines is 1. The average Bonchev–Trinajstić information content (AvgIpc) is 2.50. The van der Waals surface area contributed by atoms with Crippen molar-refractivity contribution < 1.29 is 14.7 Å². The molecule has 6 heteroatoms. The minimum atomic E-state index is -1.02. The number of rotatable bonds is 4. The maximum Gasteiger partial charge on any atom is 0.335 e. The summed E-state index contributed by atoms with van der Waals surface area (Å²) in [4.78, 5) is 22.8. The number of hydrogen-bond donors (Lipinski definition) is 2. The molecule has 0 aliphatic carbocycles. The summed E-state index contributed by atoms with van der Waals surface area (Å²) in [6, 6.07) is 11.0. The Morgan fingerprint density at radius 3 is 2.17 bits per heavy atom. The number of carbonyl (C=O) groups excluding carboxylic acids is 1. The summed E-state index contributed by atoms with van der Waals surface area (Å²) in [5.74, 6) is -1.34. The summed E-state index contributed by atoms with van der Waals surface area (Å²) in [5, 5.41) is 12.4. The third kappa shape index (κ3) is 4.58. The smallest absolute Gasteiger partial charge is 0.335 e. The molecule has 0 aliphatic rings. The van der Waals surface area contributed by atoms with Crippen molar-refractivity contribution in [1.82, 2.24) is 0 Å². The predicted octanol–water partition coefficient (Wildman–Crippen LogP) is 4.73. The van der Waals surface area contributed by atoms with Crippen LogP contribution in [0.1, 0.15) is 22.8 Å². The number of benzene rings is 2. The van der Waals surface area contributed by atoms with E-state index in [0.717, 1.165) is 11.1 Å². The first-order valence-corrected chi connectivity index (χ1v) is 7.40. The maximum atomic E-state index is 12.0. The van der Waals surface area contributed by atoms with Crippen molar-refractivity contribution in [2.45, 2.75) is 6.92 Å². The van der Waals surface area contributed by atoms with Gasteiger partial charge in [-0.25, -0.2) is 4.79 Å². The van der Waals surface area contributed by atoms with Gasteiger partial charge in [-0.2, -0.15) is 0 Å². The number of nitrogens with one attached hydrogen (secondary N) is 1. The summed E-state index contributed by atoms with van der Waals surface area (Å²) >= 11 is 11.8. The van der Waals surface area contributed by atoms with Crippen molar-refractivity contribution in [2.75, 3.05) is 5.32 Å². The fourth-order valence-corrected chi connectivity index (χ4v) is 2.19. The first-order valence-electron chi connectivity index (χ1n) is 6.65. The average molecular weight is 350 g/mol. The number of carboxylic acid groups (broad SMARTS) is 1. The molecule has 1 amide bonds. The Labute approximate surface area is 143 Å². The Kier molecular flexibility index (Phi) is 5.42. The maximum absolute atomic E-state index is 12.0. The first kappa shape index (κ1) is 17.1. The van der Waals surface area contributed by atoms with Crippen LogP contribution in [0.15, 0.2) is 48.5 Å². The molecule has 0 spiro atoms. The van der Waals surface area contributed by atoms with Gasteiger partial charge in [0.15, 0.2) is 0 Å². The molecule has 4 nitrogen and oxygen atoms in total. The third-order valence-electron chi connectivity index (χ3n) is 3.12. The third-order valence-corrected chi connectivity index (χ3v) is 3.86. The van der Waals surface area contributed by atoms with Gasteiger partial charge in [-0.3, -0.25) is 4.79 Å². The molecule has 23 heavy (non-hydrogen) atoms. The largest absolute Gasteiger partial charge is 0.478 e. The number of halogens is 2. The van der Waals surface area contributed by atoms with E-state index >= 15 is 0 Å². The van der Waals surface area contributed by atoms with Gasteiger partial charge in [0.2, 0.25) is 5.91 Å². The zero-order valence-electron chi connectivity index (χ0n) is 12.1. The Bertz CT molecular complexity index is 783. The van der Waals surface area contributed by atoms with E-state index in [1.807, 2.05) is 0 Å². The van der Waals surface area contributed by atoms with E-state index in [1.165, 1.54) is 30.3 Å². The quantitative estimate of drug-likeness (QED) is 0.783. The Morgan fingerprint density at radius 2 is 1.61 bits per heavy atom. The molecule has 2 aromatic carbocycles. The number of aromatic carboxylic acids is 1. The second-order valence-corrected chi connectivity index (χ2v) is 5.64. The first-order chi connectivity index (χ1) is 10.9. The van der Waals surface area contributed by atoms with Gasteiger partial charge in [-0.05, 0) is 54.5 Å². The summed E-state index contributed by atoms with van der Waals surface area (Å²) in [6.45, 7) is 1.78. The lowest BCUT2D eigenvalue weighted by atomic mass is 10.1. The molecule has 0 aromatic heterocycles. The van der Waals surface area contributed by atoms with Crippen LogP contribution in [0.4, 0.5) is 5.69 Å². The molecule has 2 aromatic rings. The Balaban J connectivity index is 2.10. The summed E-state index contributed by atoms with van der Waals surface area (Å²) in [6.07, 6.45) is 1.44. The highest BCUT2D eigenvalue weighted by molar-refractivity contribution is 6.42. The summed E-state index contributed by atoms with van der Waals surface area (Å²) < 4.78 is 0.